The van der Waals surface area contributed by atoms with Crippen LogP contribution in [0.2, 0.25) is 0 Å². The van der Waals surface area contributed by atoms with Crippen molar-refractivity contribution in [3.8, 4) is 0 Å². The molecule has 0 radical (unpaired) electrons. The maximum atomic E-state index is 13.8. The minimum atomic E-state index is -4.52. The van der Waals surface area contributed by atoms with Gasteiger partial charge in [0.25, 0.3) is 5.56 Å². The van der Waals surface area contributed by atoms with E-state index in [0.29, 0.717) is 32.0 Å². The topological polar surface area (TPSA) is 67.7 Å². The lowest BCUT2D eigenvalue weighted by Gasteiger charge is -2.40. The zero-order valence-electron chi connectivity index (χ0n) is 17.6. The lowest BCUT2D eigenvalue weighted by Crippen LogP contribution is -2.54. The summed E-state index contributed by atoms with van der Waals surface area (Å²) in [6.07, 6.45) is -4.01. The molecule has 3 heterocycles. The molecular weight excluding hydrogens is 401 g/mol. The summed E-state index contributed by atoms with van der Waals surface area (Å²) in [4.78, 5) is 32.5. The molecule has 0 aliphatic carbocycles. The predicted octanol–water partition coefficient (Wildman–Crippen LogP) is 2.61. The average molecular weight is 430 g/mol. The van der Waals surface area contributed by atoms with E-state index in [9.17, 15) is 22.8 Å². The second-order valence-corrected chi connectivity index (χ2v) is 8.47. The van der Waals surface area contributed by atoms with Gasteiger partial charge in [0.2, 0.25) is 5.95 Å². The van der Waals surface area contributed by atoms with Crippen LogP contribution >= 0.6 is 0 Å². The Bertz CT molecular complexity index is 824. The highest BCUT2D eigenvalue weighted by molar-refractivity contribution is 5.83. The average Bonchev–Trinajstić information content (AvgIpc) is 2.66. The van der Waals surface area contributed by atoms with Gasteiger partial charge in [-0.25, -0.2) is 0 Å². The third kappa shape index (κ3) is 4.96. The van der Waals surface area contributed by atoms with Crippen molar-refractivity contribution in [3.63, 3.8) is 0 Å². The molecule has 1 aromatic rings. The number of Topliss-reactive ketones (excluding diaryl/α,β-unsaturated/α-hetero) is 1. The Hall–Kier alpha value is -2.10. The number of morpholine rings is 1. The highest BCUT2D eigenvalue weighted by atomic mass is 19.4. The Morgan fingerprint density at radius 3 is 2.70 bits per heavy atom. The minimum absolute atomic E-state index is 0.0585. The minimum Gasteiger partial charge on any atom is -0.377 e. The van der Waals surface area contributed by atoms with Gasteiger partial charge in [0.05, 0.1) is 25.8 Å². The van der Waals surface area contributed by atoms with E-state index in [-0.39, 0.29) is 43.1 Å². The number of aromatic nitrogens is 2. The van der Waals surface area contributed by atoms with Crippen molar-refractivity contribution >= 4 is 17.5 Å². The number of halogens is 3. The molecule has 1 saturated heterocycles. The van der Waals surface area contributed by atoms with Crippen LogP contribution in [0.25, 0.3) is 0 Å². The molecule has 2 aliphatic heterocycles. The van der Waals surface area contributed by atoms with Crippen molar-refractivity contribution in [2.24, 2.45) is 5.92 Å². The van der Waals surface area contributed by atoms with Crippen LogP contribution in [0.3, 0.4) is 0 Å². The number of carbonyl (C=O) groups excluding carboxylic acids is 1. The van der Waals surface area contributed by atoms with E-state index in [2.05, 4.69) is 4.98 Å². The molecular formula is C20H29F3N4O3. The van der Waals surface area contributed by atoms with Gasteiger partial charge >= 0.3 is 6.18 Å². The van der Waals surface area contributed by atoms with Crippen molar-refractivity contribution in [1.82, 2.24) is 9.55 Å². The molecule has 0 aromatic carbocycles. The van der Waals surface area contributed by atoms with Crippen molar-refractivity contribution < 1.29 is 22.7 Å². The van der Waals surface area contributed by atoms with E-state index in [1.807, 2.05) is 25.7 Å². The van der Waals surface area contributed by atoms with Crippen molar-refractivity contribution in [1.29, 1.82) is 0 Å². The number of hydrogen-bond donors (Lipinski definition) is 0. The Labute approximate surface area is 173 Å². The maximum absolute atomic E-state index is 13.8. The Balaban J connectivity index is 1.98. The summed E-state index contributed by atoms with van der Waals surface area (Å²) in [6.45, 7) is 6.72. The van der Waals surface area contributed by atoms with Crippen LogP contribution in [-0.4, -0.2) is 59.9 Å². The molecule has 30 heavy (non-hydrogen) atoms. The van der Waals surface area contributed by atoms with Gasteiger partial charge in [-0.2, -0.15) is 18.2 Å². The number of fused-ring (bicyclic) bond motifs is 1. The first-order valence-electron chi connectivity index (χ1n) is 10.4. The Morgan fingerprint density at radius 1 is 1.33 bits per heavy atom. The van der Waals surface area contributed by atoms with Crippen LogP contribution in [0, 0.1) is 5.92 Å². The first-order valence-corrected chi connectivity index (χ1v) is 10.4. The molecule has 0 bridgehead atoms. The second-order valence-electron chi connectivity index (χ2n) is 8.47. The van der Waals surface area contributed by atoms with Crippen LogP contribution in [-0.2, 0) is 16.1 Å². The number of ketones is 1. The summed E-state index contributed by atoms with van der Waals surface area (Å²) >= 11 is 0. The fourth-order valence-corrected chi connectivity index (χ4v) is 3.91. The molecule has 1 aromatic heterocycles. The molecule has 1 fully saturated rings. The Kier molecular flexibility index (Phi) is 6.74. The zero-order valence-corrected chi connectivity index (χ0v) is 17.6. The molecule has 0 spiro atoms. The molecule has 168 valence electrons. The van der Waals surface area contributed by atoms with E-state index < -0.39 is 24.3 Å². The third-order valence-corrected chi connectivity index (χ3v) is 5.62. The molecule has 0 N–H and O–H groups in total. The van der Waals surface area contributed by atoms with Gasteiger partial charge < -0.3 is 14.5 Å². The summed E-state index contributed by atoms with van der Waals surface area (Å²) in [5, 5.41) is 0. The molecule has 2 unspecified atom stereocenters. The number of nitrogens with zero attached hydrogens (tertiary/aromatic N) is 4. The van der Waals surface area contributed by atoms with E-state index in [4.69, 9.17) is 4.74 Å². The van der Waals surface area contributed by atoms with Crippen molar-refractivity contribution in [2.45, 2.75) is 64.8 Å². The SMILES string of the molecule is CC(C)CCC(=O)CN1c2nc(N3CCOCC3C)cc(=O)n2CCC1C(F)(F)F. The normalized spacial score (nSPS) is 22.4. The fraction of sp³-hybridized carbons (Fsp3) is 0.750. The smallest absolute Gasteiger partial charge is 0.377 e. The number of rotatable bonds is 6. The fourth-order valence-electron chi connectivity index (χ4n) is 3.91. The second kappa shape index (κ2) is 8.95. The number of hydrogen-bond acceptors (Lipinski definition) is 6. The summed E-state index contributed by atoms with van der Waals surface area (Å²) in [5.74, 6) is 0.231. The number of carbonyl (C=O) groups is 1. The van der Waals surface area contributed by atoms with Crippen LogP contribution in [0.1, 0.15) is 40.0 Å². The number of ether oxygens (including phenoxy) is 1. The largest absolute Gasteiger partial charge is 0.408 e. The highest BCUT2D eigenvalue weighted by Crippen LogP contribution is 2.34. The monoisotopic (exact) mass is 430 g/mol. The van der Waals surface area contributed by atoms with Gasteiger partial charge in [-0.15, -0.1) is 0 Å². The molecule has 7 nitrogen and oxygen atoms in total. The molecule has 0 saturated carbocycles. The van der Waals surface area contributed by atoms with E-state index >= 15 is 0 Å². The first-order chi connectivity index (χ1) is 14.1. The third-order valence-electron chi connectivity index (χ3n) is 5.62. The maximum Gasteiger partial charge on any atom is 0.408 e. The van der Waals surface area contributed by atoms with E-state index in [1.165, 1.54) is 10.6 Å². The predicted molar refractivity (Wildman–Crippen MR) is 107 cm³/mol. The molecule has 3 rings (SSSR count). The first kappa shape index (κ1) is 22.6. The molecule has 2 aliphatic rings. The zero-order chi connectivity index (χ0) is 22.1. The summed E-state index contributed by atoms with van der Waals surface area (Å²) in [7, 11) is 0. The van der Waals surface area contributed by atoms with Gasteiger partial charge in [-0.1, -0.05) is 13.8 Å². The van der Waals surface area contributed by atoms with Gasteiger partial charge in [-0.05, 0) is 25.7 Å². The van der Waals surface area contributed by atoms with Crippen LogP contribution in [0.15, 0.2) is 10.9 Å². The quantitative estimate of drug-likeness (QED) is 0.691. The summed E-state index contributed by atoms with van der Waals surface area (Å²) < 4.78 is 48.0. The molecule has 2 atom stereocenters. The number of alkyl halides is 3. The number of anilines is 2. The standard InChI is InChI=1S/C20H29F3N4O3/c1-13(2)4-5-15(28)11-27-16(20(21,22)23)6-7-26-18(29)10-17(24-19(26)27)25-8-9-30-12-14(25)3/h10,13-14,16H,4-9,11-12H2,1-3H3. The van der Waals surface area contributed by atoms with E-state index in [0.717, 1.165) is 4.90 Å². The van der Waals surface area contributed by atoms with Gasteiger partial charge in [0.1, 0.15) is 11.9 Å². The van der Waals surface area contributed by atoms with Crippen molar-refractivity contribution in [2.75, 3.05) is 36.1 Å². The van der Waals surface area contributed by atoms with Crippen LogP contribution in [0.4, 0.5) is 24.9 Å². The highest BCUT2D eigenvalue weighted by Gasteiger charge is 2.47. The molecule has 10 heteroatoms. The summed E-state index contributed by atoms with van der Waals surface area (Å²) in [5.41, 5.74) is -0.408. The van der Waals surface area contributed by atoms with E-state index in [1.54, 1.807) is 0 Å². The summed E-state index contributed by atoms with van der Waals surface area (Å²) in [6, 6.07) is -0.542. The molecule has 0 amide bonds. The van der Waals surface area contributed by atoms with Gasteiger partial charge in [0, 0.05) is 25.6 Å². The van der Waals surface area contributed by atoms with Crippen molar-refractivity contribution in [3.05, 3.63) is 16.4 Å². The van der Waals surface area contributed by atoms with Crippen LogP contribution < -0.4 is 15.4 Å². The Morgan fingerprint density at radius 2 is 2.07 bits per heavy atom. The van der Waals surface area contributed by atoms with Gasteiger partial charge in [0.15, 0.2) is 5.78 Å². The van der Waals surface area contributed by atoms with Gasteiger partial charge in [-0.3, -0.25) is 14.2 Å². The lowest BCUT2D eigenvalue weighted by atomic mass is 10.0. The van der Waals surface area contributed by atoms with Crippen LogP contribution in [0.5, 0.6) is 0 Å². The lowest BCUT2D eigenvalue weighted by molar-refractivity contribution is -0.153.